The fourth-order valence-electron chi connectivity index (χ4n) is 7.38. The Bertz CT molecular complexity index is 1590. The molecule has 2 bridgehead atoms. The summed E-state index contributed by atoms with van der Waals surface area (Å²) in [4.78, 5) is 9.54. The van der Waals surface area contributed by atoms with E-state index in [1.54, 1.807) is 0 Å². The van der Waals surface area contributed by atoms with Gasteiger partial charge in [-0.3, -0.25) is 4.98 Å². The zero-order valence-electron chi connectivity index (χ0n) is 21.4. The number of pyridine rings is 2. The Morgan fingerprint density at radius 3 is 2.21 bits per heavy atom. The van der Waals surface area contributed by atoms with E-state index >= 15 is 0 Å². The van der Waals surface area contributed by atoms with Crippen molar-refractivity contribution in [2.45, 2.75) is 31.5 Å². The molecular formula is C33H32BrN3O. The Kier molecular flexibility index (Phi) is 6.55. The van der Waals surface area contributed by atoms with Crippen molar-refractivity contribution < 1.29 is 26.6 Å². The lowest BCUT2D eigenvalue weighted by atomic mass is 9.71. The van der Waals surface area contributed by atoms with Crippen LogP contribution in [0.4, 0.5) is 0 Å². The second-order valence-corrected chi connectivity index (χ2v) is 11.0. The fourth-order valence-corrected chi connectivity index (χ4v) is 7.38. The number of nitrogens with zero attached hydrogens (tertiary/aromatic N) is 3. The lowest BCUT2D eigenvalue weighted by molar-refractivity contribution is -0.984. The molecule has 2 aromatic heterocycles. The Hall–Kier alpha value is -3.12. The number of hydrogen-bond donors (Lipinski definition) is 1. The zero-order chi connectivity index (χ0) is 25.0. The van der Waals surface area contributed by atoms with Gasteiger partial charge in [0.25, 0.3) is 0 Å². The number of halogens is 1. The maximum absolute atomic E-state index is 12.1. The first kappa shape index (κ1) is 25.2. The predicted octanol–water partition coefficient (Wildman–Crippen LogP) is 3.59. The first-order valence-electron chi connectivity index (χ1n) is 13.4. The van der Waals surface area contributed by atoms with Crippen molar-refractivity contribution in [1.29, 1.82) is 0 Å². The van der Waals surface area contributed by atoms with E-state index in [2.05, 4.69) is 72.2 Å². The molecule has 3 fully saturated rings. The van der Waals surface area contributed by atoms with Crippen LogP contribution in [0.5, 0.6) is 0 Å². The SMILES string of the molecule is C=C[C@H]1C[N+]2(Cc3c4ccccc4nc4ccccc34)CC[C@H]1C[C@H]2[C@H](O)c1ccnc2ccccc12.[Br-]. The number of rotatable bonds is 5. The Balaban J connectivity index is 0.00000264. The highest BCUT2D eigenvalue weighted by Gasteiger charge is 2.54. The van der Waals surface area contributed by atoms with Crippen LogP contribution in [-0.4, -0.2) is 38.7 Å². The average Bonchev–Trinajstić information content (AvgIpc) is 2.96. The molecule has 3 aliphatic rings. The third-order valence-corrected chi connectivity index (χ3v) is 9.21. The average molecular weight is 567 g/mol. The summed E-state index contributed by atoms with van der Waals surface area (Å²) >= 11 is 0. The molecule has 5 atom stereocenters. The van der Waals surface area contributed by atoms with E-state index in [9.17, 15) is 5.11 Å². The summed E-state index contributed by atoms with van der Waals surface area (Å²) in [6.07, 6.45) is 5.65. The summed E-state index contributed by atoms with van der Waals surface area (Å²) in [7, 11) is 0. The van der Waals surface area contributed by atoms with Crippen molar-refractivity contribution in [3.63, 3.8) is 0 Å². The quantitative estimate of drug-likeness (QED) is 0.201. The molecule has 3 saturated heterocycles. The molecule has 192 valence electrons. The van der Waals surface area contributed by atoms with Crippen LogP contribution >= 0.6 is 0 Å². The molecule has 0 amide bonds. The van der Waals surface area contributed by atoms with Crippen LogP contribution in [0.15, 0.2) is 97.7 Å². The minimum atomic E-state index is -0.555. The largest absolute Gasteiger partial charge is 1.00 e. The summed E-state index contributed by atoms with van der Waals surface area (Å²) in [6, 6.07) is 27.4. The fraction of sp³-hybridized carbons (Fsp3) is 0.273. The molecule has 38 heavy (non-hydrogen) atoms. The Morgan fingerprint density at radius 1 is 0.895 bits per heavy atom. The maximum Gasteiger partial charge on any atom is 0.131 e. The molecule has 1 unspecified atom stereocenters. The number of quaternary nitrogens is 1. The number of benzene rings is 3. The van der Waals surface area contributed by atoms with Crippen molar-refractivity contribution in [2.24, 2.45) is 11.8 Å². The smallest absolute Gasteiger partial charge is 0.131 e. The zero-order valence-corrected chi connectivity index (χ0v) is 23.0. The molecule has 8 rings (SSSR count). The van der Waals surface area contributed by atoms with Crippen LogP contribution in [0.1, 0.15) is 30.1 Å². The normalized spacial score (nSPS) is 25.3. The van der Waals surface area contributed by atoms with Gasteiger partial charge in [0, 0.05) is 46.7 Å². The summed E-state index contributed by atoms with van der Waals surface area (Å²) in [6.45, 7) is 7.19. The lowest BCUT2D eigenvalue weighted by Gasteiger charge is -2.58. The molecule has 0 saturated carbocycles. The van der Waals surface area contributed by atoms with Gasteiger partial charge in [-0.1, -0.05) is 60.7 Å². The highest BCUT2D eigenvalue weighted by molar-refractivity contribution is 5.97. The van der Waals surface area contributed by atoms with E-state index < -0.39 is 6.10 Å². The Labute approximate surface area is 234 Å². The second-order valence-electron chi connectivity index (χ2n) is 11.0. The van der Waals surface area contributed by atoms with E-state index in [1.807, 2.05) is 30.5 Å². The van der Waals surface area contributed by atoms with Gasteiger partial charge in [0.2, 0.25) is 0 Å². The first-order chi connectivity index (χ1) is 18.2. The van der Waals surface area contributed by atoms with Crippen molar-refractivity contribution in [2.75, 3.05) is 13.1 Å². The standard InChI is InChI=1S/C33H32N3O.BrH/c1-2-22-20-36(21-28-25-10-4-7-13-30(25)35-31-14-8-5-11-26(28)31)18-16-23(22)19-32(36)33(37)27-15-17-34-29-12-6-3-9-24(27)29;/h2-15,17,22-23,32-33,37H,1,16,18-21H2;1H/q+1;/p-1/t22-,23-,32-,33+,36?;/m0./s1. The van der Waals surface area contributed by atoms with Gasteiger partial charge < -0.3 is 26.6 Å². The number of aliphatic hydroxyl groups excluding tert-OH is 1. The van der Waals surface area contributed by atoms with Gasteiger partial charge in [-0.05, 0) is 35.7 Å². The van der Waals surface area contributed by atoms with Crippen LogP contribution in [-0.2, 0) is 6.54 Å². The van der Waals surface area contributed by atoms with Gasteiger partial charge in [-0.2, -0.15) is 0 Å². The molecule has 0 spiro atoms. The summed E-state index contributed by atoms with van der Waals surface area (Å²) in [5, 5.41) is 15.6. The lowest BCUT2D eigenvalue weighted by Crippen LogP contribution is -3.00. The van der Waals surface area contributed by atoms with Crippen LogP contribution in [0.2, 0.25) is 0 Å². The molecule has 5 heteroatoms. The van der Waals surface area contributed by atoms with E-state index in [-0.39, 0.29) is 23.0 Å². The molecular weight excluding hydrogens is 534 g/mol. The van der Waals surface area contributed by atoms with Gasteiger partial charge in [-0.25, -0.2) is 4.98 Å². The highest BCUT2D eigenvalue weighted by Crippen LogP contribution is 2.48. The summed E-state index contributed by atoms with van der Waals surface area (Å²) in [5.74, 6) is 1.06. The predicted molar refractivity (Wildman–Crippen MR) is 150 cm³/mol. The van der Waals surface area contributed by atoms with Crippen LogP contribution in [0.25, 0.3) is 32.7 Å². The van der Waals surface area contributed by atoms with Crippen molar-refractivity contribution >= 4 is 32.7 Å². The third kappa shape index (κ3) is 3.96. The first-order valence-corrected chi connectivity index (χ1v) is 13.4. The van der Waals surface area contributed by atoms with Crippen LogP contribution in [0, 0.1) is 11.8 Å². The molecule has 0 radical (unpaired) electrons. The second kappa shape index (κ2) is 9.88. The van der Waals surface area contributed by atoms with Gasteiger partial charge in [-0.15, -0.1) is 6.58 Å². The maximum atomic E-state index is 12.1. The third-order valence-electron chi connectivity index (χ3n) is 9.21. The minimum Gasteiger partial charge on any atom is -1.00 e. The van der Waals surface area contributed by atoms with E-state index in [4.69, 9.17) is 4.98 Å². The van der Waals surface area contributed by atoms with Crippen molar-refractivity contribution in [3.8, 4) is 0 Å². The van der Waals surface area contributed by atoms with Crippen molar-refractivity contribution in [1.82, 2.24) is 9.97 Å². The topological polar surface area (TPSA) is 46.0 Å². The van der Waals surface area contributed by atoms with Gasteiger partial charge in [0.15, 0.2) is 0 Å². The summed E-state index contributed by atoms with van der Waals surface area (Å²) < 4.78 is 0.878. The van der Waals surface area contributed by atoms with Crippen molar-refractivity contribution in [3.05, 3.63) is 109 Å². The molecule has 0 aliphatic carbocycles. The summed E-state index contributed by atoms with van der Waals surface area (Å²) in [5.41, 5.74) is 5.37. The molecule has 5 aromatic rings. The highest BCUT2D eigenvalue weighted by atomic mass is 79.9. The van der Waals surface area contributed by atoms with Gasteiger partial charge >= 0.3 is 0 Å². The molecule has 3 aliphatic heterocycles. The molecule has 3 aromatic carbocycles. The van der Waals surface area contributed by atoms with E-state index in [0.717, 1.165) is 58.0 Å². The number of aromatic nitrogens is 2. The van der Waals surface area contributed by atoms with Gasteiger partial charge in [0.1, 0.15) is 18.7 Å². The molecule has 5 heterocycles. The van der Waals surface area contributed by atoms with Crippen LogP contribution in [0.3, 0.4) is 0 Å². The molecule has 1 N–H and O–H groups in total. The van der Waals surface area contributed by atoms with E-state index in [1.165, 1.54) is 22.8 Å². The van der Waals surface area contributed by atoms with E-state index in [0.29, 0.717) is 11.8 Å². The Morgan fingerprint density at radius 2 is 1.53 bits per heavy atom. The minimum absolute atomic E-state index is 0. The number of aliphatic hydroxyl groups is 1. The van der Waals surface area contributed by atoms with Gasteiger partial charge in [0.05, 0.1) is 29.6 Å². The number of fused-ring (bicyclic) bond motifs is 6. The number of piperidine rings is 3. The number of para-hydroxylation sites is 3. The number of hydrogen-bond acceptors (Lipinski definition) is 3. The monoisotopic (exact) mass is 565 g/mol. The van der Waals surface area contributed by atoms with Crippen LogP contribution < -0.4 is 17.0 Å². The molecule has 4 nitrogen and oxygen atoms in total.